The van der Waals surface area contributed by atoms with Crippen LogP contribution >= 0.6 is 0 Å². The molecule has 0 bridgehead atoms. The van der Waals surface area contributed by atoms with Crippen molar-refractivity contribution in [1.29, 1.82) is 0 Å². The highest BCUT2D eigenvalue weighted by Gasteiger charge is 2.38. The number of H-pyrrole nitrogens is 1. The predicted octanol–water partition coefficient (Wildman–Crippen LogP) is 5.10. The molecule has 2 aromatic carbocycles. The number of nitrogens with one attached hydrogen (secondary N) is 1. The SMILES string of the molecule is O=C(c1cc(C2CC2)on1)N1CCc2c([nH]c3ccccc23)C1c1cc(F)ccc1F. The Morgan fingerprint density at radius 1 is 1.13 bits per heavy atom. The lowest BCUT2D eigenvalue weighted by atomic mass is 9.91. The van der Waals surface area contributed by atoms with E-state index in [-0.39, 0.29) is 17.2 Å². The average Bonchev–Trinajstić information content (AvgIpc) is 3.39. The summed E-state index contributed by atoms with van der Waals surface area (Å²) in [6.07, 6.45) is 2.66. The normalized spacial score (nSPS) is 18.4. The molecule has 0 saturated heterocycles. The van der Waals surface area contributed by atoms with Crippen LogP contribution in [0.15, 0.2) is 53.1 Å². The molecule has 0 spiro atoms. The number of rotatable bonds is 3. The summed E-state index contributed by atoms with van der Waals surface area (Å²) in [6.45, 7) is 0.361. The highest BCUT2D eigenvalue weighted by molar-refractivity contribution is 5.94. The largest absolute Gasteiger partial charge is 0.360 e. The zero-order chi connectivity index (χ0) is 21.1. The van der Waals surface area contributed by atoms with E-state index in [1.807, 2.05) is 24.3 Å². The van der Waals surface area contributed by atoms with Crippen LogP contribution in [0, 0.1) is 11.6 Å². The van der Waals surface area contributed by atoms with Crippen molar-refractivity contribution in [2.24, 2.45) is 0 Å². The summed E-state index contributed by atoms with van der Waals surface area (Å²) in [7, 11) is 0. The van der Waals surface area contributed by atoms with Crippen molar-refractivity contribution in [3.05, 3.63) is 88.4 Å². The van der Waals surface area contributed by atoms with Crippen molar-refractivity contribution >= 4 is 16.8 Å². The second kappa shape index (κ2) is 6.77. The van der Waals surface area contributed by atoms with Crippen LogP contribution in [-0.4, -0.2) is 27.5 Å². The third kappa shape index (κ3) is 2.95. The van der Waals surface area contributed by atoms with Crippen molar-refractivity contribution in [3.63, 3.8) is 0 Å². The van der Waals surface area contributed by atoms with Crippen molar-refractivity contribution < 1.29 is 18.1 Å². The second-order valence-electron chi connectivity index (χ2n) is 8.27. The number of hydrogen-bond acceptors (Lipinski definition) is 3. The first-order chi connectivity index (χ1) is 15.1. The van der Waals surface area contributed by atoms with Crippen LogP contribution in [0.1, 0.15) is 57.9 Å². The van der Waals surface area contributed by atoms with Gasteiger partial charge in [-0.25, -0.2) is 8.78 Å². The Morgan fingerprint density at radius 2 is 1.97 bits per heavy atom. The monoisotopic (exact) mass is 419 g/mol. The summed E-state index contributed by atoms with van der Waals surface area (Å²) < 4.78 is 34.4. The van der Waals surface area contributed by atoms with E-state index in [1.54, 1.807) is 11.0 Å². The Kier molecular flexibility index (Phi) is 4.00. The molecule has 1 aliphatic carbocycles. The Balaban J connectivity index is 1.49. The second-order valence-corrected chi connectivity index (χ2v) is 8.27. The summed E-state index contributed by atoms with van der Waals surface area (Å²) in [4.78, 5) is 18.3. The van der Waals surface area contributed by atoms with Crippen LogP contribution < -0.4 is 0 Å². The molecular weight excluding hydrogens is 400 g/mol. The summed E-state index contributed by atoms with van der Waals surface area (Å²) in [5.41, 5.74) is 2.94. The van der Waals surface area contributed by atoms with Gasteiger partial charge in [0.05, 0.1) is 0 Å². The van der Waals surface area contributed by atoms with E-state index in [0.29, 0.717) is 30.3 Å². The van der Waals surface area contributed by atoms with E-state index >= 15 is 0 Å². The van der Waals surface area contributed by atoms with Gasteiger partial charge in [0.25, 0.3) is 5.91 Å². The molecule has 31 heavy (non-hydrogen) atoms. The first kappa shape index (κ1) is 18.3. The third-order valence-electron chi connectivity index (χ3n) is 6.28. The minimum Gasteiger partial charge on any atom is -0.360 e. The number of hydrogen-bond donors (Lipinski definition) is 1. The van der Waals surface area contributed by atoms with Crippen LogP contribution in [0.5, 0.6) is 0 Å². The lowest BCUT2D eigenvalue weighted by molar-refractivity contribution is 0.0678. The Labute approximate surface area is 176 Å². The Morgan fingerprint density at radius 3 is 2.81 bits per heavy atom. The van der Waals surface area contributed by atoms with Gasteiger partial charge in [-0.1, -0.05) is 23.4 Å². The maximum atomic E-state index is 14.9. The number of halogens is 2. The Bertz CT molecular complexity index is 1320. The molecule has 1 unspecified atom stereocenters. The number of benzene rings is 2. The summed E-state index contributed by atoms with van der Waals surface area (Å²) in [5.74, 6) is -0.431. The van der Waals surface area contributed by atoms with Gasteiger partial charge >= 0.3 is 0 Å². The van der Waals surface area contributed by atoms with Gasteiger partial charge in [-0.2, -0.15) is 0 Å². The summed E-state index contributed by atoms with van der Waals surface area (Å²) >= 11 is 0. The fourth-order valence-electron chi connectivity index (χ4n) is 4.60. The smallest absolute Gasteiger partial charge is 0.276 e. The van der Waals surface area contributed by atoms with Crippen molar-refractivity contribution in [1.82, 2.24) is 15.0 Å². The van der Waals surface area contributed by atoms with Gasteiger partial charge < -0.3 is 14.4 Å². The van der Waals surface area contributed by atoms with E-state index < -0.39 is 17.7 Å². The topological polar surface area (TPSA) is 62.1 Å². The molecular formula is C24H19F2N3O2. The molecule has 1 aliphatic heterocycles. The maximum absolute atomic E-state index is 14.9. The predicted molar refractivity (Wildman–Crippen MR) is 110 cm³/mol. The van der Waals surface area contributed by atoms with Gasteiger partial charge in [-0.05, 0) is 49.1 Å². The lowest BCUT2D eigenvalue weighted by Crippen LogP contribution is -2.41. The molecule has 5 nitrogen and oxygen atoms in total. The molecule has 1 N–H and O–H groups in total. The van der Waals surface area contributed by atoms with Crippen LogP contribution in [0.2, 0.25) is 0 Å². The zero-order valence-corrected chi connectivity index (χ0v) is 16.6. The minimum absolute atomic E-state index is 0.117. The summed E-state index contributed by atoms with van der Waals surface area (Å²) in [6, 6.07) is 12.0. The number of para-hydroxylation sites is 1. The number of aromatic amines is 1. The molecule has 3 heterocycles. The van der Waals surface area contributed by atoms with Crippen LogP contribution in [0.3, 0.4) is 0 Å². The fraction of sp³-hybridized carbons (Fsp3) is 0.250. The van der Waals surface area contributed by atoms with Gasteiger partial charge in [-0.15, -0.1) is 0 Å². The molecule has 1 amide bonds. The highest BCUT2D eigenvalue weighted by atomic mass is 19.1. The van der Waals surface area contributed by atoms with E-state index in [4.69, 9.17) is 4.52 Å². The first-order valence-corrected chi connectivity index (χ1v) is 10.4. The molecule has 1 saturated carbocycles. The van der Waals surface area contributed by atoms with E-state index in [0.717, 1.165) is 41.4 Å². The first-order valence-electron chi connectivity index (χ1n) is 10.4. The Hall–Kier alpha value is -3.48. The molecule has 0 radical (unpaired) electrons. The number of carbonyl (C=O) groups excluding carboxylic acids is 1. The van der Waals surface area contributed by atoms with Crippen LogP contribution in [-0.2, 0) is 6.42 Å². The number of carbonyl (C=O) groups is 1. The quantitative estimate of drug-likeness (QED) is 0.503. The van der Waals surface area contributed by atoms with Gasteiger partial charge in [0.2, 0.25) is 0 Å². The van der Waals surface area contributed by atoms with E-state index in [1.165, 1.54) is 6.07 Å². The third-order valence-corrected chi connectivity index (χ3v) is 6.28. The molecule has 1 fully saturated rings. The standard InChI is InChI=1S/C24H19F2N3O2/c25-14-7-8-18(26)17(11-14)23-22-16(15-3-1-2-4-19(15)27-22)9-10-29(23)24(30)20-12-21(31-28-20)13-5-6-13/h1-4,7-8,11-13,23,27H,5-6,9-10H2. The molecule has 7 heteroatoms. The molecule has 156 valence electrons. The molecule has 6 rings (SSSR count). The van der Waals surface area contributed by atoms with Gasteiger partial charge in [0.1, 0.15) is 23.4 Å². The number of fused-ring (bicyclic) bond motifs is 3. The van der Waals surface area contributed by atoms with Gasteiger partial charge in [0, 0.05) is 40.7 Å². The van der Waals surface area contributed by atoms with Crippen LogP contribution in [0.25, 0.3) is 10.9 Å². The molecule has 4 aromatic rings. The number of amides is 1. The molecule has 2 aliphatic rings. The maximum Gasteiger partial charge on any atom is 0.276 e. The zero-order valence-electron chi connectivity index (χ0n) is 16.6. The lowest BCUT2D eigenvalue weighted by Gasteiger charge is -2.35. The van der Waals surface area contributed by atoms with Crippen molar-refractivity contribution in [2.45, 2.75) is 31.2 Å². The minimum atomic E-state index is -0.791. The van der Waals surface area contributed by atoms with Gasteiger partial charge in [0.15, 0.2) is 5.69 Å². The molecule has 2 aromatic heterocycles. The number of nitrogens with zero attached hydrogens (tertiary/aromatic N) is 2. The summed E-state index contributed by atoms with van der Waals surface area (Å²) in [5, 5.41) is 5.01. The van der Waals surface area contributed by atoms with Crippen molar-refractivity contribution in [2.75, 3.05) is 6.54 Å². The highest BCUT2D eigenvalue weighted by Crippen LogP contribution is 2.42. The average molecular weight is 419 g/mol. The van der Waals surface area contributed by atoms with Crippen molar-refractivity contribution in [3.8, 4) is 0 Å². The van der Waals surface area contributed by atoms with E-state index in [2.05, 4.69) is 10.1 Å². The van der Waals surface area contributed by atoms with Gasteiger partial charge in [-0.3, -0.25) is 4.79 Å². The van der Waals surface area contributed by atoms with Crippen LogP contribution in [0.4, 0.5) is 8.78 Å². The fourth-order valence-corrected chi connectivity index (χ4v) is 4.60. The number of aromatic nitrogens is 2. The molecule has 1 atom stereocenters. The van der Waals surface area contributed by atoms with E-state index in [9.17, 15) is 13.6 Å².